The lowest BCUT2D eigenvalue weighted by Gasteiger charge is -2.04. The van der Waals surface area contributed by atoms with Gasteiger partial charge in [-0.25, -0.2) is 14.1 Å². The van der Waals surface area contributed by atoms with Gasteiger partial charge in [-0.3, -0.25) is 4.79 Å². The zero-order valence-electron chi connectivity index (χ0n) is 12.5. The van der Waals surface area contributed by atoms with Gasteiger partial charge in [0.25, 0.3) is 5.91 Å². The van der Waals surface area contributed by atoms with Gasteiger partial charge >= 0.3 is 0 Å². The number of hydrogen-bond acceptors (Lipinski definition) is 3. The first-order chi connectivity index (χ1) is 11.1. The van der Waals surface area contributed by atoms with Crippen LogP contribution in [0.1, 0.15) is 21.7 Å². The van der Waals surface area contributed by atoms with Crippen LogP contribution in [0.15, 0.2) is 54.9 Å². The molecule has 0 spiro atoms. The van der Waals surface area contributed by atoms with Crippen LogP contribution in [-0.2, 0) is 6.54 Å². The molecule has 2 aromatic carbocycles. The van der Waals surface area contributed by atoms with E-state index in [-0.39, 0.29) is 18.2 Å². The minimum atomic E-state index is -0.445. The first-order valence-electron chi connectivity index (χ1n) is 7.14. The normalized spacial score (nSPS) is 10.5. The van der Waals surface area contributed by atoms with Crippen molar-refractivity contribution in [2.45, 2.75) is 13.5 Å². The second kappa shape index (κ2) is 6.39. The Balaban J connectivity index is 1.69. The molecule has 3 aromatic rings. The summed E-state index contributed by atoms with van der Waals surface area (Å²) in [6, 6.07) is 14.0. The summed E-state index contributed by atoms with van der Waals surface area (Å²) >= 11 is 0. The van der Waals surface area contributed by atoms with Crippen molar-refractivity contribution in [2.75, 3.05) is 0 Å². The number of amides is 1. The summed E-state index contributed by atoms with van der Waals surface area (Å²) in [4.78, 5) is 16.1. The van der Waals surface area contributed by atoms with E-state index in [4.69, 9.17) is 0 Å². The maximum Gasteiger partial charge on any atom is 0.291 e. The van der Waals surface area contributed by atoms with E-state index in [1.54, 1.807) is 18.2 Å². The maximum absolute atomic E-state index is 13.5. The van der Waals surface area contributed by atoms with Crippen molar-refractivity contribution in [1.82, 2.24) is 20.1 Å². The molecule has 0 saturated heterocycles. The molecule has 0 bridgehead atoms. The number of aryl methyl sites for hydroxylation is 1. The number of halogens is 1. The SMILES string of the molecule is Cc1ccc(-n2cnc(C(=O)NCc3ccccc3F)n2)cc1. The molecule has 0 aliphatic heterocycles. The average molecular weight is 310 g/mol. The minimum Gasteiger partial charge on any atom is -0.345 e. The number of aromatic nitrogens is 3. The van der Waals surface area contributed by atoms with E-state index in [1.807, 2.05) is 31.2 Å². The van der Waals surface area contributed by atoms with Gasteiger partial charge in [-0.05, 0) is 25.1 Å². The van der Waals surface area contributed by atoms with Crippen LogP contribution in [0.4, 0.5) is 4.39 Å². The quantitative estimate of drug-likeness (QED) is 0.806. The molecule has 23 heavy (non-hydrogen) atoms. The fraction of sp³-hybridized carbons (Fsp3) is 0.118. The molecule has 0 atom stereocenters. The van der Waals surface area contributed by atoms with Crippen LogP contribution >= 0.6 is 0 Å². The van der Waals surface area contributed by atoms with E-state index in [2.05, 4.69) is 15.4 Å². The molecule has 5 nitrogen and oxygen atoms in total. The second-order valence-corrected chi connectivity index (χ2v) is 5.12. The molecule has 6 heteroatoms. The number of nitrogens with zero attached hydrogens (tertiary/aromatic N) is 3. The van der Waals surface area contributed by atoms with Crippen molar-refractivity contribution in [2.24, 2.45) is 0 Å². The first kappa shape index (κ1) is 14.9. The third-order valence-corrected chi connectivity index (χ3v) is 3.39. The summed E-state index contributed by atoms with van der Waals surface area (Å²) in [6.07, 6.45) is 1.47. The Hall–Kier alpha value is -3.02. The molecule has 1 heterocycles. The molecule has 0 aliphatic carbocycles. The van der Waals surface area contributed by atoms with E-state index in [0.717, 1.165) is 11.3 Å². The van der Waals surface area contributed by atoms with Crippen molar-refractivity contribution in [1.29, 1.82) is 0 Å². The summed E-state index contributed by atoms with van der Waals surface area (Å²) in [5, 5.41) is 6.76. The topological polar surface area (TPSA) is 59.8 Å². The Bertz CT molecular complexity index is 827. The fourth-order valence-corrected chi connectivity index (χ4v) is 2.09. The molecule has 0 aliphatic rings. The average Bonchev–Trinajstić information content (AvgIpc) is 3.04. The predicted octanol–water partition coefficient (Wildman–Crippen LogP) is 2.64. The number of carbonyl (C=O) groups is 1. The van der Waals surface area contributed by atoms with Gasteiger partial charge in [0.05, 0.1) is 5.69 Å². The van der Waals surface area contributed by atoms with E-state index in [1.165, 1.54) is 17.1 Å². The van der Waals surface area contributed by atoms with Crippen LogP contribution in [0.5, 0.6) is 0 Å². The number of carbonyl (C=O) groups excluding carboxylic acids is 1. The van der Waals surface area contributed by atoms with E-state index >= 15 is 0 Å². The van der Waals surface area contributed by atoms with E-state index < -0.39 is 5.91 Å². The minimum absolute atomic E-state index is 0.0434. The highest BCUT2D eigenvalue weighted by Gasteiger charge is 2.12. The summed E-state index contributed by atoms with van der Waals surface area (Å²) in [5.74, 6) is -0.757. The molecule has 0 radical (unpaired) electrons. The van der Waals surface area contributed by atoms with Gasteiger partial charge in [-0.15, -0.1) is 5.10 Å². The molecule has 3 rings (SSSR count). The van der Waals surface area contributed by atoms with Crippen molar-refractivity contribution in [3.05, 3.63) is 77.6 Å². The standard InChI is InChI=1S/C17H15FN4O/c1-12-6-8-14(9-7-12)22-11-20-16(21-22)17(23)19-10-13-4-2-3-5-15(13)18/h2-9,11H,10H2,1H3,(H,19,23). The Morgan fingerprint density at radius 1 is 1.17 bits per heavy atom. The smallest absolute Gasteiger partial charge is 0.291 e. The van der Waals surface area contributed by atoms with Crippen LogP contribution in [0.2, 0.25) is 0 Å². The monoisotopic (exact) mass is 310 g/mol. The fourth-order valence-electron chi connectivity index (χ4n) is 2.09. The highest BCUT2D eigenvalue weighted by atomic mass is 19.1. The Kier molecular flexibility index (Phi) is 4.14. The van der Waals surface area contributed by atoms with Gasteiger partial charge in [-0.1, -0.05) is 35.9 Å². The van der Waals surface area contributed by atoms with Gasteiger partial charge in [0, 0.05) is 12.1 Å². The lowest BCUT2D eigenvalue weighted by Crippen LogP contribution is -2.24. The molecule has 1 N–H and O–H groups in total. The van der Waals surface area contributed by atoms with Crippen LogP contribution in [0.25, 0.3) is 5.69 Å². The molecule has 0 fully saturated rings. The predicted molar refractivity (Wildman–Crippen MR) is 83.7 cm³/mol. The second-order valence-electron chi connectivity index (χ2n) is 5.12. The van der Waals surface area contributed by atoms with Crippen molar-refractivity contribution >= 4 is 5.91 Å². The van der Waals surface area contributed by atoms with E-state index in [9.17, 15) is 9.18 Å². The molecular weight excluding hydrogens is 295 g/mol. The summed E-state index contributed by atoms with van der Waals surface area (Å²) < 4.78 is 15.0. The van der Waals surface area contributed by atoms with Crippen LogP contribution in [-0.4, -0.2) is 20.7 Å². The lowest BCUT2D eigenvalue weighted by atomic mass is 10.2. The molecule has 0 unspecified atom stereocenters. The highest BCUT2D eigenvalue weighted by Crippen LogP contribution is 2.08. The Morgan fingerprint density at radius 2 is 1.91 bits per heavy atom. The lowest BCUT2D eigenvalue weighted by molar-refractivity contribution is 0.0940. The largest absolute Gasteiger partial charge is 0.345 e. The zero-order chi connectivity index (χ0) is 16.2. The molecular formula is C17H15FN4O. The summed E-state index contributed by atoms with van der Waals surface area (Å²) in [6.45, 7) is 2.08. The third-order valence-electron chi connectivity index (χ3n) is 3.39. The molecule has 116 valence electrons. The van der Waals surface area contributed by atoms with Crippen molar-refractivity contribution < 1.29 is 9.18 Å². The number of benzene rings is 2. The van der Waals surface area contributed by atoms with Crippen molar-refractivity contribution in [3.8, 4) is 5.69 Å². The van der Waals surface area contributed by atoms with Gasteiger partial charge in [0.15, 0.2) is 0 Å². The number of nitrogens with one attached hydrogen (secondary N) is 1. The highest BCUT2D eigenvalue weighted by molar-refractivity contribution is 5.90. The van der Waals surface area contributed by atoms with Crippen molar-refractivity contribution in [3.63, 3.8) is 0 Å². The molecule has 1 amide bonds. The van der Waals surface area contributed by atoms with Crippen LogP contribution < -0.4 is 5.32 Å². The number of rotatable bonds is 4. The van der Waals surface area contributed by atoms with E-state index in [0.29, 0.717) is 5.56 Å². The third kappa shape index (κ3) is 3.42. The molecule has 0 saturated carbocycles. The van der Waals surface area contributed by atoms with Gasteiger partial charge in [0.1, 0.15) is 12.1 Å². The Morgan fingerprint density at radius 3 is 2.65 bits per heavy atom. The zero-order valence-corrected chi connectivity index (χ0v) is 12.5. The summed E-state index contributed by atoms with van der Waals surface area (Å²) in [7, 11) is 0. The molecule has 1 aromatic heterocycles. The van der Waals surface area contributed by atoms with Gasteiger partial charge < -0.3 is 5.32 Å². The van der Waals surface area contributed by atoms with Gasteiger partial charge in [0.2, 0.25) is 5.82 Å². The van der Waals surface area contributed by atoms with Crippen LogP contribution in [0.3, 0.4) is 0 Å². The maximum atomic E-state index is 13.5. The number of hydrogen-bond donors (Lipinski definition) is 1. The first-order valence-corrected chi connectivity index (χ1v) is 7.14. The van der Waals surface area contributed by atoms with Crippen LogP contribution in [0, 0.1) is 12.7 Å². The van der Waals surface area contributed by atoms with Gasteiger partial charge in [-0.2, -0.15) is 0 Å². The Labute approximate surface area is 132 Å². The summed E-state index contributed by atoms with van der Waals surface area (Å²) in [5.41, 5.74) is 2.37.